The Hall–Kier alpha value is -1.83. The van der Waals surface area contributed by atoms with E-state index in [0.29, 0.717) is 35.6 Å². The zero-order valence-corrected chi connectivity index (χ0v) is 12.7. The van der Waals surface area contributed by atoms with Gasteiger partial charge in [0.1, 0.15) is 16.7 Å². The van der Waals surface area contributed by atoms with Gasteiger partial charge in [-0.2, -0.15) is 0 Å². The molecule has 0 bridgehead atoms. The molecule has 0 aromatic carbocycles. The molecule has 2 fully saturated rings. The summed E-state index contributed by atoms with van der Waals surface area (Å²) in [6, 6.07) is 0.0373. The first-order valence-electron chi connectivity index (χ1n) is 7.21. The molecule has 0 spiro atoms. The number of nitrogens with one attached hydrogen (secondary N) is 2. The van der Waals surface area contributed by atoms with Crippen molar-refractivity contribution in [2.45, 2.75) is 38.3 Å². The molecule has 1 aliphatic heterocycles. The van der Waals surface area contributed by atoms with Crippen molar-refractivity contribution in [2.24, 2.45) is 0 Å². The molecule has 2 heterocycles. The van der Waals surface area contributed by atoms with Crippen molar-refractivity contribution in [3.8, 4) is 0 Å². The molecule has 7 nitrogen and oxygen atoms in total. The number of aromatic nitrogens is 1. The van der Waals surface area contributed by atoms with Gasteiger partial charge in [-0.05, 0) is 19.3 Å². The third-order valence-electron chi connectivity index (χ3n) is 3.73. The fourth-order valence-corrected chi connectivity index (χ4v) is 3.36. The summed E-state index contributed by atoms with van der Waals surface area (Å²) in [6.45, 7) is 2.88. The molecule has 21 heavy (non-hydrogen) atoms. The Bertz CT molecular complexity index is 569. The highest BCUT2D eigenvalue weighted by atomic mass is 32.1. The standard InChI is InChI=1S/C13H19N5O2S/c1-2-8-11(19)15-5-6-18(8)12(20)9-10(14)17-13(21-9)16-7-3-4-7/h7-8H,2-6,14H2,1H3,(H,15,19)(H,16,17). The van der Waals surface area contributed by atoms with Crippen LogP contribution < -0.4 is 16.4 Å². The monoisotopic (exact) mass is 309 g/mol. The Labute approximate surface area is 126 Å². The minimum absolute atomic E-state index is 0.100. The van der Waals surface area contributed by atoms with E-state index in [-0.39, 0.29) is 17.6 Å². The summed E-state index contributed by atoms with van der Waals surface area (Å²) in [5, 5.41) is 6.72. The van der Waals surface area contributed by atoms with E-state index in [1.54, 1.807) is 4.90 Å². The molecule has 0 radical (unpaired) electrons. The lowest BCUT2D eigenvalue weighted by Gasteiger charge is -2.34. The van der Waals surface area contributed by atoms with Crippen molar-refractivity contribution < 1.29 is 9.59 Å². The molecule has 1 aromatic heterocycles. The number of piperazine rings is 1. The summed E-state index contributed by atoms with van der Waals surface area (Å²) < 4.78 is 0. The van der Waals surface area contributed by atoms with Crippen LogP contribution in [-0.4, -0.2) is 46.9 Å². The van der Waals surface area contributed by atoms with Gasteiger partial charge in [0.25, 0.3) is 5.91 Å². The van der Waals surface area contributed by atoms with Gasteiger partial charge in [-0.1, -0.05) is 18.3 Å². The number of anilines is 2. The summed E-state index contributed by atoms with van der Waals surface area (Å²) in [4.78, 5) is 30.8. The second-order valence-electron chi connectivity index (χ2n) is 5.37. The molecule has 1 aliphatic carbocycles. The van der Waals surface area contributed by atoms with Crippen molar-refractivity contribution in [3.05, 3.63) is 4.88 Å². The predicted octanol–water partition coefficient (Wildman–Crippen LogP) is 0.650. The fraction of sp³-hybridized carbons (Fsp3) is 0.615. The lowest BCUT2D eigenvalue weighted by atomic mass is 10.1. The van der Waals surface area contributed by atoms with Gasteiger partial charge in [-0.25, -0.2) is 4.98 Å². The zero-order chi connectivity index (χ0) is 15.0. The van der Waals surface area contributed by atoms with Gasteiger partial charge >= 0.3 is 0 Å². The minimum Gasteiger partial charge on any atom is -0.382 e. The van der Waals surface area contributed by atoms with Gasteiger partial charge in [0.2, 0.25) is 5.91 Å². The normalized spacial score (nSPS) is 22.0. The van der Waals surface area contributed by atoms with E-state index < -0.39 is 6.04 Å². The van der Waals surface area contributed by atoms with Crippen LogP contribution in [0.15, 0.2) is 0 Å². The Morgan fingerprint density at radius 1 is 1.57 bits per heavy atom. The average molecular weight is 309 g/mol. The average Bonchev–Trinajstić information content (AvgIpc) is 3.19. The Balaban J connectivity index is 1.79. The van der Waals surface area contributed by atoms with Crippen molar-refractivity contribution in [2.75, 3.05) is 24.1 Å². The number of thiazole rings is 1. The highest BCUT2D eigenvalue weighted by Gasteiger charge is 2.34. The van der Waals surface area contributed by atoms with E-state index in [0.717, 1.165) is 12.8 Å². The Kier molecular flexibility index (Phi) is 3.71. The smallest absolute Gasteiger partial charge is 0.268 e. The number of hydrogen-bond acceptors (Lipinski definition) is 6. The van der Waals surface area contributed by atoms with Crippen molar-refractivity contribution in [1.29, 1.82) is 0 Å². The van der Waals surface area contributed by atoms with Crippen LogP contribution >= 0.6 is 11.3 Å². The maximum atomic E-state index is 12.7. The van der Waals surface area contributed by atoms with E-state index >= 15 is 0 Å². The number of carbonyl (C=O) groups excluding carboxylic acids is 2. The van der Waals surface area contributed by atoms with Crippen LogP contribution in [0.25, 0.3) is 0 Å². The van der Waals surface area contributed by atoms with E-state index in [9.17, 15) is 9.59 Å². The lowest BCUT2D eigenvalue weighted by Crippen LogP contribution is -2.56. The van der Waals surface area contributed by atoms with E-state index in [4.69, 9.17) is 5.73 Å². The van der Waals surface area contributed by atoms with E-state index in [1.807, 2.05) is 6.92 Å². The van der Waals surface area contributed by atoms with Crippen molar-refractivity contribution in [3.63, 3.8) is 0 Å². The van der Waals surface area contributed by atoms with Crippen LogP contribution in [0.5, 0.6) is 0 Å². The first kappa shape index (κ1) is 14.1. The topological polar surface area (TPSA) is 100 Å². The van der Waals surface area contributed by atoms with E-state index in [2.05, 4.69) is 15.6 Å². The molecule has 2 amide bonds. The molecule has 8 heteroatoms. The number of rotatable bonds is 4. The molecule has 1 aromatic rings. The number of nitrogens with two attached hydrogens (primary N) is 1. The van der Waals surface area contributed by atoms with Crippen LogP contribution in [-0.2, 0) is 4.79 Å². The fourth-order valence-electron chi connectivity index (χ4n) is 2.44. The second-order valence-corrected chi connectivity index (χ2v) is 6.36. The Morgan fingerprint density at radius 2 is 2.33 bits per heavy atom. The molecule has 1 unspecified atom stereocenters. The summed E-state index contributed by atoms with van der Waals surface area (Å²) in [7, 11) is 0. The molecule has 1 saturated heterocycles. The second kappa shape index (κ2) is 5.51. The van der Waals surface area contributed by atoms with Crippen LogP contribution in [0, 0.1) is 0 Å². The third kappa shape index (κ3) is 2.80. The largest absolute Gasteiger partial charge is 0.382 e. The van der Waals surface area contributed by atoms with E-state index in [1.165, 1.54) is 11.3 Å². The molecule has 114 valence electrons. The molecule has 2 aliphatic rings. The van der Waals surface area contributed by atoms with Crippen LogP contribution in [0.4, 0.5) is 10.9 Å². The van der Waals surface area contributed by atoms with Crippen molar-refractivity contribution in [1.82, 2.24) is 15.2 Å². The van der Waals surface area contributed by atoms with Crippen molar-refractivity contribution >= 4 is 34.1 Å². The zero-order valence-electron chi connectivity index (χ0n) is 11.9. The molecular weight excluding hydrogens is 290 g/mol. The number of carbonyl (C=O) groups is 2. The lowest BCUT2D eigenvalue weighted by molar-refractivity contribution is -0.127. The maximum Gasteiger partial charge on any atom is 0.268 e. The van der Waals surface area contributed by atoms with Gasteiger partial charge in [0.15, 0.2) is 5.13 Å². The number of hydrogen-bond donors (Lipinski definition) is 3. The number of amides is 2. The first-order chi connectivity index (χ1) is 10.1. The molecule has 1 saturated carbocycles. The van der Waals surface area contributed by atoms with Gasteiger partial charge in [-0.3, -0.25) is 9.59 Å². The summed E-state index contributed by atoms with van der Waals surface area (Å²) >= 11 is 1.27. The first-order valence-corrected chi connectivity index (χ1v) is 8.03. The quantitative estimate of drug-likeness (QED) is 0.758. The van der Waals surface area contributed by atoms with Gasteiger partial charge in [-0.15, -0.1) is 0 Å². The minimum atomic E-state index is -0.424. The SMILES string of the molecule is CCC1C(=O)NCCN1C(=O)c1sc(NC2CC2)nc1N. The van der Waals surface area contributed by atoms with Crippen LogP contribution in [0.2, 0.25) is 0 Å². The third-order valence-corrected chi connectivity index (χ3v) is 4.72. The highest BCUT2D eigenvalue weighted by Crippen LogP contribution is 2.31. The van der Waals surface area contributed by atoms with Crippen LogP contribution in [0.1, 0.15) is 35.9 Å². The van der Waals surface area contributed by atoms with Crippen LogP contribution in [0.3, 0.4) is 0 Å². The Morgan fingerprint density at radius 3 is 3.00 bits per heavy atom. The number of nitrogens with zero attached hydrogens (tertiary/aromatic N) is 2. The summed E-state index contributed by atoms with van der Waals surface area (Å²) in [5.41, 5.74) is 5.88. The maximum absolute atomic E-state index is 12.7. The van der Waals surface area contributed by atoms with Gasteiger partial charge < -0.3 is 21.3 Å². The molecule has 3 rings (SSSR count). The number of nitrogen functional groups attached to an aromatic ring is 1. The predicted molar refractivity (Wildman–Crippen MR) is 81.3 cm³/mol. The van der Waals surface area contributed by atoms with Gasteiger partial charge in [0.05, 0.1) is 0 Å². The molecule has 1 atom stereocenters. The van der Waals surface area contributed by atoms with Gasteiger partial charge in [0, 0.05) is 19.1 Å². The summed E-state index contributed by atoms with van der Waals surface area (Å²) in [6.07, 6.45) is 2.85. The molecular formula is C13H19N5O2S. The summed E-state index contributed by atoms with van der Waals surface area (Å²) in [5.74, 6) is -0.0546. The highest BCUT2D eigenvalue weighted by molar-refractivity contribution is 7.18. The molecule has 4 N–H and O–H groups in total.